The summed E-state index contributed by atoms with van der Waals surface area (Å²) in [6.07, 6.45) is 15.0. The molecule has 0 aromatic carbocycles. The molecular formula is C21H34NO2. The summed E-state index contributed by atoms with van der Waals surface area (Å²) in [5, 5.41) is 12.2. The van der Waals surface area contributed by atoms with Crippen molar-refractivity contribution >= 4 is 5.90 Å². The van der Waals surface area contributed by atoms with Crippen LogP contribution >= 0.6 is 0 Å². The summed E-state index contributed by atoms with van der Waals surface area (Å²) in [4.78, 5) is 0. The molecule has 0 bridgehead atoms. The smallest absolute Gasteiger partial charge is 0.222 e. The van der Waals surface area contributed by atoms with E-state index in [1.165, 1.54) is 51.4 Å². The van der Waals surface area contributed by atoms with Crippen LogP contribution in [-0.4, -0.2) is 17.2 Å². The van der Waals surface area contributed by atoms with Gasteiger partial charge in [0.15, 0.2) is 0 Å². The summed E-state index contributed by atoms with van der Waals surface area (Å²) in [6.45, 7) is 6.84. The van der Waals surface area contributed by atoms with E-state index in [2.05, 4.69) is 25.4 Å². The Balaban J connectivity index is 1.57. The lowest BCUT2D eigenvalue weighted by Crippen LogP contribution is -2.53. The average Bonchev–Trinajstić information content (AvgIpc) is 2.91. The van der Waals surface area contributed by atoms with Crippen LogP contribution in [0.25, 0.3) is 0 Å². The molecule has 3 nitrogen and oxygen atoms in total. The van der Waals surface area contributed by atoms with Gasteiger partial charge in [-0.05, 0) is 86.9 Å². The number of fused-ring (bicyclic) bond motifs is 5. The second-order valence-corrected chi connectivity index (χ2v) is 9.54. The first-order valence-electron chi connectivity index (χ1n) is 10.2. The van der Waals surface area contributed by atoms with Gasteiger partial charge in [-0.3, -0.25) is 0 Å². The highest BCUT2D eigenvalue weighted by Gasteiger charge is 2.60. The van der Waals surface area contributed by atoms with E-state index < -0.39 is 0 Å². The van der Waals surface area contributed by atoms with Crippen molar-refractivity contribution in [3.8, 4) is 0 Å². The predicted octanol–water partition coefficient (Wildman–Crippen LogP) is 5.43. The van der Waals surface area contributed by atoms with Gasteiger partial charge < -0.3 is 9.94 Å². The average molecular weight is 333 g/mol. The molecule has 0 amide bonds. The fourth-order valence-electron chi connectivity index (χ4n) is 7.42. The zero-order valence-corrected chi connectivity index (χ0v) is 15.6. The van der Waals surface area contributed by atoms with Crippen molar-refractivity contribution in [1.82, 2.24) is 0 Å². The van der Waals surface area contributed by atoms with Gasteiger partial charge in [0.25, 0.3) is 0 Å². The third-order valence-corrected chi connectivity index (χ3v) is 8.68. The first kappa shape index (κ1) is 16.7. The molecule has 4 saturated carbocycles. The molecule has 135 valence electrons. The molecule has 0 aromatic rings. The predicted molar refractivity (Wildman–Crippen MR) is 95.8 cm³/mol. The SMILES string of the molecule is CC(=NO)OC1CC[C@H]2[C@@H]3CCC4[CH]CCC[C@]4(C)[C@@H]3CC[C@]12C. The van der Waals surface area contributed by atoms with Crippen LogP contribution in [-0.2, 0) is 4.74 Å². The minimum atomic E-state index is 0.239. The Morgan fingerprint density at radius 2 is 1.83 bits per heavy atom. The number of hydrogen-bond donors (Lipinski definition) is 1. The zero-order chi connectivity index (χ0) is 16.9. The molecule has 3 heteroatoms. The van der Waals surface area contributed by atoms with Gasteiger partial charge in [0.05, 0.1) is 0 Å². The lowest BCUT2D eigenvalue weighted by molar-refractivity contribution is -0.109. The molecule has 1 N–H and O–H groups in total. The highest BCUT2D eigenvalue weighted by molar-refractivity contribution is 5.72. The van der Waals surface area contributed by atoms with Gasteiger partial charge in [-0.25, -0.2) is 0 Å². The fourth-order valence-corrected chi connectivity index (χ4v) is 7.42. The highest BCUT2D eigenvalue weighted by atomic mass is 16.5. The van der Waals surface area contributed by atoms with Crippen LogP contribution in [0.5, 0.6) is 0 Å². The Hall–Kier alpha value is -0.730. The molecule has 0 aliphatic heterocycles. The van der Waals surface area contributed by atoms with Gasteiger partial charge in [-0.15, -0.1) is 0 Å². The molecule has 0 aromatic heterocycles. The van der Waals surface area contributed by atoms with Crippen LogP contribution in [0.3, 0.4) is 0 Å². The van der Waals surface area contributed by atoms with E-state index in [0.717, 1.165) is 30.1 Å². The van der Waals surface area contributed by atoms with Crippen LogP contribution in [0.2, 0.25) is 0 Å². The van der Waals surface area contributed by atoms with Crippen LogP contribution in [0.4, 0.5) is 0 Å². The van der Waals surface area contributed by atoms with Crippen LogP contribution in [0, 0.1) is 40.9 Å². The minimum absolute atomic E-state index is 0.239. The molecule has 4 rings (SSSR count). The van der Waals surface area contributed by atoms with E-state index >= 15 is 0 Å². The maximum Gasteiger partial charge on any atom is 0.222 e. The van der Waals surface area contributed by atoms with E-state index in [-0.39, 0.29) is 11.5 Å². The van der Waals surface area contributed by atoms with Crippen LogP contribution in [0.1, 0.15) is 78.6 Å². The standard InChI is InChI=1S/C21H34NO2/c1-14(22-23)24-19-10-9-17-16-8-7-15-6-4-5-12-20(15,2)18(16)11-13-21(17,19)3/h6,15-19,23H,4-5,7-13H2,1-3H3/t15?,16-,17-,18+,19?,20-,21-/m0/s1. The van der Waals surface area contributed by atoms with Gasteiger partial charge >= 0.3 is 0 Å². The van der Waals surface area contributed by atoms with Crippen LogP contribution in [0.15, 0.2) is 5.16 Å². The topological polar surface area (TPSA) is 41.8 Å². The molecule has 4 fully saturated rings. The van der Waals surface area contributed by atoms with E-state index in [1.807, 2.05) is 0 Å². The Kier molecular flexibility index (Phi) is 4.12. The molecule has 4 aliphatic rings. The Bertz CT molecular complexity index is 518. The minimum Gasteiger partial charge on any atom is -0.475 e. The molecule has 7 atom stereocenters. The van der Waals surface area contributed by atoms with Crippen molar-refractivity contribution < 1.29 is 9.94 Å². The van der Waals surface area contributed by atoms with Crippen LogP contribution < -0.4 is 0 Å². The number of ether oxygens (including phenoxy) is 1. The number of oxime groups is 1. The van der Waals surface area contributed by atoms with Crippen molar-refractivity contribution in [3.63, 3.8) is 0 Å². The summed E-state index contributed by atoms with van der Waals surface area (Å²) in [5.74, 6) is 3.90. The number of nitrogens with zero attached hydrogens (tertiary/aromatic N) is 1. The lowest BCUT2D eigenvalue weighted by Gasteiger charge is -2.60. The molecule has 0 spiro atoms. The lowest BCUT2D eigenvalue weighted by atomic mass is 9.45. The van der Waals surface area contributed by atoms with E-state index in [9.17, 15) is 0 Å². The molecule has 2 unspecified atom stereocenters. The highest BCUT2D eigenvalue weighted by Crippen LogP contribution is 2.66. The maximum absolute atomic E-state index is 8.99. The van der Waals surface area contributed by atoms with E-state index in [1.54, 1.807) is 6.92 Å². The summed E-state index contributed by atoms with van der Waals surface area (Å²) >= 11 is 0. The van der Waals surface area contributed by atoms with Crippen molar-refractivity contribution in [2.24, 2.45) is 39.7 Å². The molecule has 0 heterocycles. The van der Waals surface area contributed by atoms with Gasteiger partial charge in [0.2, 0.25) is 5.90 Å². The second-order valence-electron chi connectivity index (χ2n) is 9.54. The molecule has 1 radical (unpaired) electrons. The summed E-state index contributed by atoms with van der Waals surface area (Å²) in [6, 6.07) is 0. The zero-order valence-electron chi connectivity index (χ0n) is 15.6. The largest absolute Gasteiger partial charge is 0.475 e. The molecule has 0 saturated heterocycles. The van der Waals surface area contributed by atoms with Gasteiger partial charge in [0, 0.05) is 12.3 Å². The third-order valence-electron chi connectivity index (χ3n) is 8.68. The molecular weight excluding hydrogens is 298 g/mol. The van der Waals surface area contributed by atoms with E-state index in [4.69, 9.17) is 9.94 Å². The van der Waals surface area contributed by atoms with Crippen molar-refractivity contribution in [1.29, 1.82) is 0 Å². The summed E-state index contributed by atoms with van der Waals surface area (Å²) in [7, 11) is 0. The molecule has 4 aliphatic carbocycles. The summed E-state index contributed by atoms with van der Waals surface area (Å²) < 4.78 is 6.04. The van der Waals surface area contributed by atoms with Crippen molar-refractivity contribution in [2.45, 2.75) is 84.7 Å². The quantitative estimate of drug-likeness (QED) is 0.301. The monoisotopic (exact) mass is 332 g/mol. The number of hydrogen-bond acceptors (Lipinski definition) is 3. The summed E-state index contributed by atoms with van der Waals surface area (Å²) in [5.41, 5.74) is 0.832. The van der Waals surface area contributed by atoms with Gasteiger partial charge in [-0.2, -0.15) is 0 Å². The van der Waals surface area contributed by atoms with Crippen molar-refractivity contribution in [3.05, 3.63) is 6.42 Å². The first-order chi connectivity index (χ1) is 11.5. The van der Waals surface area contributed by atoms with Gasteiger partial charge in [-0.1, -0.05) is 25.4 Å². The van der Waals surface area contributed by atoms with E-state index in [0.29, 0.717) is 11.3 Å². The number of rotatable bonds is 1. The first-order valence-corrected chi connectivity index (χ1v) is 10.2. The van der Waals surface area contributed by atoms with Crippen molar-refractivity contribution in [2.75, 3.05) is 0 Å². The Morgan fingerprint density at radius 3 is 2.62 bits per heavy atom. The normalized spacial score (nSPS) is 51.5. The Morgan fingerprint density at radius 1 is 1.04 bits per heavy atom. The maximum atomic E-state index is 8.99. The second kappa shape index (κ2) is 5.92. The Labute approximate surface area is 147 Å². The fraction of sp³-hybridized carbons (Fsp3) is 0.905. The van der Waals surface area contributed by atoms with Gasteiger partial charge in [0.1, 0.15) is 6.10 Å². The molecule has 24 heavy (non-hydrogen) atoms. The third kappa shape index (κ3) is 2.33.